The van der Waals surface area contributed by atoms with Gasteiger partial charge in [0.15, 0.2) is 5.96 Å². The zero-order valence-corrected chi connectivity index (χ0v) is 15.7. The van der Waals surface area contributed by atoms with Gasteiger partial charge in [-0.2, -0.15) is 11.8 Å². The van der Waals surface area contributed by atoms with Crippen LogP contribution in [0, 0.1) is 5.41 Å². The number of thioether (sulfide) groups is 1. The quantitative estimate of drug-likeness (QED) is 0.292. The van der Waals surface area contributed by atoms with Gasteiger partial charge in [-0.3, -0.25) is 9.79 Å². The van der Waals surface area contributed by atoms with E-state index in [2.05, 4.69) is 24.1 Å². The van der Waals surface area contributed by atoms with Crippen molar-refractivity contribution < 1.29 is 4.79 Å². The number of nitrogens with one attached hydrogen (secondary N) is 2. The molecule has 0 saturated heterocycles. The summed E-state index contributed by atoms with van der Waals surface area (Å²) in [7, 11) is 3.68. The molecule has 2 N–H and O–H groups in total. The molecule has 6 heteroatoms. The maximum atomic E-state index is 12.6. The van der Waals surface area contributed by atoms with Gasteiger partial charge in [0.1, 0.15) is 0 Å². The van der Waals surface area contributed by atoms with E-state index in [1.54, 1.807) is 4.90 Å². The Morgan fingerprint density at radius 3 is 2.61 bits per heavy atom. The van der Waals surface area contributed by atoms with Gasteiger partial charge >= 0.3 is 0 Å². The molecule has 1 fully saturated rings. The van der Waals surface area contributed by atoms with Crippen molar-refractivity contribution in [2.45, 2.75) is 32.6 Å². The zero-order valence-electron chi connectivity index (χ0n) is 14.9. The van der Waals surface area contributed by atoms with Crippen molar-refractivity contribution in [3.05, 3.63) is 12.7 Å². The maximum absolute atomic E-state index is 12.6. The van der Waals surface area contributed by atoms with E-state index < -0.39 is 0 Å². The molecule has 0 radical (unpaired) electrons. The molecule has 0 aliphatic heterocycles. The van der Waals surface area contributed by atoms with E-state index in [1.807, 2.05) is 31.9 Å². The van der Waals surface area contributed by atoms with Gasteiger partial charge in [-0.1, -0.05) is 18.9 Å². The van der Waals surface area contributed by atoms with Crippen LogP contribution in [0.1, 0.15) is 32.6 Å². The van der Waals surface area contributed by atoms with Crippen molar-refractivity contribution in [2.24, 2.45) is 10.4 Å². The van der Waals surface area contributed by atoms with Crippen LogP contribution in [0.3, 0.4) is 0 Å². The molecular formula is C17H32N4OS. The Kier molecular flexibility index (Phi) is 9.14. The first-order valence-electron chi connectivity index (χ1n) is 8.48. The minimum atomic E-state index is -0.302. The van der Waals surface area contributed by atoms with Gasteiger partial charge in [0.05, 0.1) is 12.0 Å². The molecule has 5 nitrogen and oxygen atoms in total. The molecule has 1 amide bonds. The molecule has 0 spiro atoms. The van der Waals surface area contributed by atoms with Crippen molar-refractivity contribution in [3.63, 3.8) is 0 Å². The first-order chi connectivity index (χ1) is 11.1. The van der Waals surface area contributed by atoms with Gasteiger partial charge in [0.25, 0.3) is 0 Å². The number of aliphatic imine (C=N–C) groups is 1. The molecule has 1 saturated carbocycles. The standard InChI is InChI=1S/C17H32N4OS/c1-5-12-23-13-11-19-16(18-6-2)20-14-17(9-7-8-10-17)15(22)21(3)4/h5H,1,6-14H2,2-4H3,(H2,18,19,20). The number of carbonyl (C=O) groups is 1. The van der Waals surface area contributed by atoms with Gasteiger partial charge in [-0.25, -0.2) is 0 Å². The number of hydrogen-bond acceptors (Lipinski definition) is 3. The molecule has 0 atom stereocenters. The summed E-state index contributed by atoms with van der Waals surface area (Å²) in [6, 6.07) is 0. The van der Waals surface area contributed by atoms with Gasteiger partial charge < -0.3 is 15.5 Å². The number of carbonyl (C=O) groups excluding carboxylic acids is 1. The highest BCUT2D eigenvalue weighted by Crippen LogP contribution is 2.39. The molecule has 0 heterocycles. The third-order valence-corrected chi connectivity index (χ3v) is 5.04. The molecule has 132 valence electrons. The molecule has 0 bridgehead atoms. The highest BCUT2D eigenvalue weighted by Gasteiger charge is 2.41. The number of rotatable bonds is 9. The lowest BCUT2D eigenvalue weighted by atomic mass is 9.85. The van der Waals surface area contributed by atoms with Gasteiger partial charge in [-0.05, 0) is 19.8 Å². The minimum absolute atomic E-state index is 0.219. The molecule has 1 aliphatic rings. The highest BCUT2D eigenvalue weighted by atomic mass is 32.2. The van der Waals surface area contributed by atoms with Gasteiger partial charge in [0.2, 0.25) is 5.91 Å². The highest BCUT2D eigenvalue weighted by molar-refractivity contribution is 7.99. The van der Waals surface area contributed by atoms with E-state index in [0.29, 0.717) is 6.54 Å². The predicted octanol–water partition coefficient (Wildman–Crippen LogP) is 2.11. The minimum Gasteiger partial charge on any atom is -0.357 e. The van der Waals surface area contributed by atoms with E-state index >= 15 is 0 Å². The summed E-state index contributed by atoms with van der Waals surface area (Å²) < 4.78 is 0. The van der Waals surface area contributed by atoms with Crippen LogP contribution in [0.5, 0.6) is 0 Å². The molecule has 0 unspecified atom stereocenters. The lowest BCUT2D eigenvalue weighted by Gasteiger charge is -2.29. The van der Waals surface area contributed by atoms with Crippen LogP contribution in [0.25, 0.3) is 0 Å². The Labute approximate surface area is 145 Å². The Balaban J connectivity index is 2.62. The third-order valence-electron chi connectivity index (χ3n) is 4.08. The fourth-order valence-electron chi connectivity index (χ4n) is 2.95. The number of nitrogens with zero attached hydrogens (tertiary/aromatic N) is 2. The van der Waals surface area contributed by atoms with Crippen LogP contribution in [0.2, 0.25) is 0 Å². The van der Waals surface area contributed by atoms with Crippen molar-refractivity contribution in [1.29, 1.82) is 0 Å². The van der Waals surface area contributed by atoms with Crippen LogP contribution in [-0.2, 0) is 4.79 Å². The van der Waals surface area contributed by atoms with E-state index in [1.165, 1.54) is 0 Å². The van der Waals surface area contributed by atoms with Crippen molar-refractivity contribution in [1.82, 2.24) is 15.5 Å². The fourth-order valence-corrected chi connectivity index (χ4v) is 3.53. The van der Waals surface area contributed by atoms with Crippen LogP contribution >= 0.6 is 11.8 Å². The maximum Gasteiger partial charge on any atom is 0.230 e. The normalized spacial score (nSPS) is 16.9. The topological polar surface area (TPSA) is 56.7 Å². The lowest BCUT2D eigenvalue weighted by molar-refractivity contribution is -0.138. The van der Waals surface area contributed by atoms with Gasteiger partial charge in [0, 0.05) is 38.7 Å². The lowest BCUT2D eigenvalue weighted by Crippen LogP contribution is -2.43. The molecule has 1 rings (SSSR count). The van der Waals surface area contributed by atoms with Crippen LogP contribution in [0.15, 0.2) is 17.6 Å². The van der Waals surface area contributed by atoms with Gasteiger partial charge in [-0.15, -0.1) is 6.58 Å². The van der Waals surface area contributed by atoms with Crippen LogP contribution in [0.4, 0.5) is 0 Å². The number of hydrogen-bond donors (Lipinski definition) is 2. The summed E-state index contributed by atoms with van der Waals surface area (Å²) in [5, 5.41) is 6.62. The molecule has 0 aromatic rings. The van der Waals surface area contributed by atoms with E-state index in [4.69, 9.17) is 4.99 Å². The third kappa shape index (κ3) is 6.45. The van der Waals surface area contributed by atoms with Crippen molar-refractivity contribution in [2.75, 3.05) is 45.2 Å². The smallest absolute Gasteiger partial charge is 0.230 e. The number of amides is 1. The summed E-state index contributed by atoms with van der Waals surface area (Å²) in [6.45, 7) is 8.03. The zero-order chi connectivity index (χ0) is 17.1. The monoisotopic (exact) mass is 340 g/mol. The molecule has 0 aromatic heterocycles. The van der Waals surface area contributed by atoms with E-state index in [0.717, 1.165) is 56.2 Å². The van der Waals surface area contributed by atoms with E-state index in [9.17, 15) is 4.79 Å². The van der Waals surface area contributed by atoms with E-state index in [-0.39, 0.29) is 11.3 Å². The predicted molar refractivity (Wildman–Crippen MR) is 101 cm³/mol. The Bertz CT molecular complexity index is 403. The Morgan fingerprint density at radius 1 is 1.35 bits per heavy atom. The Hall–Kier alpha value is -1.17. The average Bonchev–Trinajstić information content (AvgIpc) is 3.01. The summed E-state index contributed by atoms with van der Waals surface area (Å²) >= 11 is 1.84. The van der Waals surface area contributed by atoms with Crippen molar-refractivity contribution >= 4 is 23.6 Å². The second-order valence-corrected chi connectivity index (χ2v) is 7.32. The second kappa shape index (κ2) is 10.6. The summed E-state index contributed by atoms with van der Waals surface area (Å²) in [4.78, 5) is 19.0. The largest absolute Gasteiger partial charge is 0.357 e. The molecule has 1 aliphatic carbocycles. The first kappa shape index (κ1) is 19.9. The Morgan fingerprint density at radius 2 is 2.04 bits per heavy atom. The second-order valence-electron chi connectivity index (χ2n) is 6.17. The van der Waals surface area contributed by atoms with Crippen molar-refractivity contribution in [3.8, 4) is 0 Å². The summed E-state index contributed by atoms with van der Waals surface area (Å²) in [6.07, 6.45) is 6.05. The molecule has 23 heavy (non-hydrogen) atoms. The van der Waals surface area contributed by atoms with Crippen LogP contribution < -0.4 is 10.6 Å². The number of guanidine groups is 1. The molecule has 0 aromatic carbocycles. The summed E-state index contributed by atoms with van der Waals surface area (Å²) in [5.41, 5.74) is -0.302. The fraction of sp³-hybridized carbons (Fsp3) is 0.765. The average molecular weight is 341 g/mol. The summed E-state index contributed by atoms with van der Waals surface area (Å²) in [5.74, 6) is 3.01. The SMILES string of the molecule is C=CCSCCNC(=NCC1(C(=O)N(C)C)CCCC1)NCC. The van der Waals surface area contributed by atoms with Crippen LogP contribution in [-0.4, -0.2) is 62.0 Å². The first-order valence-corrected chi connectivity index (χ1v) is 9.64. The molecular weight excluding hydrogens is 308 g/mol.